The van der Waals surface area contributed by atoms with E-state index in [-0.39, 0.29) is 26.3 Å². The van der Waals surface area contributed by atoms with Gasteiger partial charge in [0.25, 0.3) is 0 Å². The number of nitrogens with zero attached hydrogens (tertiary/aromatic N) is 1. The fourth-order valence-electron chi connectivity index (χ4n) is 5.02. The molecule has 0 unspecified atom stereocenters. The second-order valence-corrected chi connectivity index (χ2v) is 13.9. The predicted molar refractivity (Wildman–Crippen MR) is 151 cm³/mol. The normalized spacial score (nSPS) is 13.0. The monoisotopic (exact) mass is 579 g/mol. The zero-order valence-corrected chi connectivity index (χ0v) is 24.3. The Morgan fingerprint density at radius 1 is 0.842 bits per heavy atom. The molecule has 3 aromatic carbocycles. The molecule has 2 heterocycles. The van der Waals surface area contributed by atoms with Gasteiger partial charge in [-0.3, -0.25) is 0 Å². The Kier molecular flexibility index (Phi) is 6.60. The van der Waals surface area contributed by atoms with Crippen LogP contribution in [0.1, 0.15) is 51.3 Å². The SMILES string of the molecule is Cc1c(-c2ccc(CC(C)(C)C(F)(F)F)cc2)[se]c2c1cc[c-][n+]2-c1cc(C(C)(C)C)c2ccccc2c1. The van der Waals surface area contributed by atoms with E-state index in [1.807, 2.05) is 30.3 Å². The van der Waals surface area contributed by atoms with Gasteiger partial charge in [0.05, 0.1) is 0 Å². The topological polar surface area (TPSA) is 3.88 Å². The van der Waals surface area contributed by atoms with Crippen molar-refractivity contribution >= 4 is 35.1 Å². The van der Waals surface area contributed by atoms with E-state index in [4.69, 9.17) is 0 Å². The Hall–Kier alpha value is -2.88. The number of hydrogen-bond donors (Lipinski definition) is 0. The molecule has 0 aliphatic carbocycles. The minimum absolute atomic E-state index is 0.0129. The summed E-state index contributed by atoms with van der Waals surface area (Å²) in [4.78, 5) is 0. The summed E-state index contributed by atoms with van der Waals surface area (Å²) in [6.07, 6.45) is -0.801. The van der Waals surface area contributed by atoms with Gasteiger partial charge < -0.3 is 0 Å². The third-order valence-electron chi connectivity index (χ3n) is 7.37. The van der Waals surface area contributed by atoms with Crippen LogP contribution >= 0.6 is 0 Å². The van der Waals surface area contributed by atoms with Crippen LogP contribution in [0, 0.1) is 18.5 Å². The van der Waals surface area contributed by atoms with Crippen LogP contribution in [-0.4, -0.2) is 20.7 Å². The Labute approximate surface area is 228 Å². The van der Waals surface area contributed by atoms with Crippen molar-refractivity contribution in [3.05, 3.63) is 95.7 Å². The van der Waals surface area contributed by atoms with Crippen LogP contribution in [0.3, 0.4) is 0 Å². The standard InChI is InChI=1S/C33H32F3NSe/c1-21-26-12-9-17-37(25-18-24-10-7-8-11-27(24)28(19-25)31(2,3)4)30(26)38-29(21)23-15-13-22(14-16-23)20-32(5,6)33(34,35)36/h7-16,18-19H,20H2,1-6H3. The van der Waals surface area contributed by atoms with Crippen LogP contribution in [0.25, 0.3) is 36.2 Å². The molecule has 0 amide bonds. The van der Waals surface area contributed by atoms with Crippen molar-refractivity contribution in [2.75, 3.05) is 0 Å². The van der Waals surface area contributed by atoms with Gasteiger partial charge in [-0.2, -0.15) is 0 Å². The van der Waals surface area contributed by atoms with Gasteiger partial charge >= 0.3 is 229 Å². The number of halogens is 3. The van der Waals surface area contributed by atoms with E-state index in [1.54, 1.807) is 0 Å². The first-order valence-electron chi connectivity index (χ1n) is 12.8. The molecule has 196 valence electrons. The van der Waals surface area contributed by atoms with Crippen molar-refractivity contribution in [3.8, 4) is 15.7 Å². The average Bonchev–Trinajstić information content (AvgIpc) is 3.19. The zero-order chi connectivity index (χ0) is 27.5. The first-order chi connectivity index (χ1) is 17.8. The fraction of sp³-hybridized carbons (Fsp3) is 0.303. The molecule has 38 heavy (non-hydrogen) atoms. The van der Waals surface area contributed by atoms with E-state index >= 15 is 0 Å². The quantitative estimate of drug-likeness (QED) is 0.114. The first-order valence-corrected chi connectivity index (χ1v) is 14.5. The van der Waals surface area contributed by atoms with Crippen molar-refractivity contribution in [2.45, 2.75) is 59.6 Å². The maximum absolute atomic E-state index is 13.4. The van der Waals surface area contributed by atoms with E-state index in [0.29, 0.717) is 5.56 Å². The summed E-state index contributed by atoms with van der Waals surface area (Å²) < 4.78 is 44.9. The Bertz CT molecular complexity index is 1630. The Morgan fingerprint density at radius 2 is 1.53 bits per heavy atom. The van der Waals surface area contributed by atoms with Gasteiger partial charge in [-0.15, -0.1) is 0 Å². The summed E-state index contributed by atoms with van der Waals surface area (Å²) in [7, 11) is 0. The van der Waals surface area contributed by atoms with Crippen LogP contribution in [-0.2, 0) is 11.8 Å². The van der Waals surface area contributed by atoms with Gasteiger partial charge in [0.1, 0.15) is 0 Å². The molecular weight excluding hydrogens is 546 g/mol. The molecule has 2 aromatic heterocycles. The number of hydrogen-bond acceptors (Lipinski definition) is 0. The predicted octanol–water partition coefficient (Wildman–Crippen LogP) is 8.53. The molecular formula is C33H32F3NSe. The molecule has 0 fully saturated rings. The number of alkyl halides is 3. The van der Waals surface area contributed by atoms with E-state index < -0.39 is 11.6 Å². The summed E-state index contributed by atoms with van der Waals surface area (Å²) in [5.74, 6) is 0. The molecule has 0 aliphatic heterocycles. The van der Waals surface area contributed by atoms with Gasteiger partial charge in [-0.25, -0.2) is 0 Å². The van der Waals surface area contributed by atoms with Crippen LogP contribution in [0.2, 0.25) is 0 Å². The zero-order valence-electron chi connectivity index (χ0n) is 22.6. The average molecular weight is 579 g/mol. The maximum atomic E-state index is 13.4. The van der Waals surface area contributed by atoms with Gasteiger partial charge in [0.2, 0.25) is 0 Å². The molecule has 5 aromatic rings. The third kappa shape index (κ3) is 4.83. The van der Waals surface area contributed by atoms with Crippen molar-refractivity contribution in [2.24, 2.45) is 5.41 Å². The van der Waals surface area contributed by atoms with E-state index in [9.17, 15) is 13.2 Å². The molecule has 0 aliphatic rings. The van der Waals surface area contributed by atoms with Gasteiger partial charge in [0, 0.05) is 0 Å². The molecule has 0 spiro atoms. The van der Waals surface area contributed by atoms with Crippen molar-refractivity contribution in [3.63, 3.8) is 0 Å². The third-order valence-corrected chi connectivity index (χ3v) is 10.2. The fourth-order valence-corrected chi connectivity index (χ4v) is 7.73. The van der Waals surface area contributed by atoms with Crippen LogP contribution in [0.15, 0.2) is 72.8 Å². The number of benzene rings is 3. The molecule has 1 nitrogen and oxygen atoms in total. The van der Waals surface area contributed by atoms with Crippen LogP contribution < -0.4 is 4.57 Å². The number of aromatic nitrogens is 1. The molecule has 0 saturated heterocycles. The Morgan fingerprint density at radius 3 is 2.18 bits per heavy atom. The summed E-state index contributed by atoms with van der Waals surface area (Å²) in [5.41, 5.74) is 3.64. The number of pyridine rings is 1. The molecule has 5 rings (SSSR count). The summed E-state index contributed by atoms with van der Waals surface area (Å²) in [5, 5.41) is 3.69. The molecule has 0 radical (unpaired) electrons. The first kappa shape index (κ1) is 26.7. The number of rotatable bonds is 4. The number of aryl methyl sites for hydroxylation is 1. The number of fused-ring (bicyclic) bond motifs is 2. The minimum atomic E-state index is -4.24. The Balaban J connectivity index is 1.59. The summed E-state index contributed by atoms with van der Waals surface area (Å²) >= 11 is 0.0253. The van der Waals surface area contributed by atoms with Gasteiger partial charge in [-0.1, -0.05) is 0 Å². The molecule has 0 N–H and O–H groups in total. The van der Waals surface area contributed by atoms with Crippen molar-refractivity contribution in [1.82, 2.24) is 0 Å². The molecule has 5 heteroatoms. The molecule has 0 saturated carbocycles. The molecule has 0 bridgehead atoms. The summed E-state index contributed by atoms with van der Waals surface area (Å²) in [6, 6.07) is 24.8. The van der Waals surface area contributed by atoms with E-state index in [1.165, 1.54) is 50.0 Å². The van der Waals surface area contributed by atoms with Crippen molar-refractivity contribution in [1.29, 1.82) is 0 Å². The van der Waals surface area contributed by atoms with Gasteiger partial charge in [-0.05, 0) is 0 Å². The van der Waals surface area contributed by atoms with E-state index in [2.05, 4.69) is 80.9 Å². The second-order valence-electron chi connectivity index (χ2n) is 11.8. The summed E-state index contributed by atoms with van der Waals surface area (Å²) in [6.45, 7) is 11.4. The van der Waals surface area contributed by atoms with E-state index in [0.717, 1.165) is 11.3 Å². The van der Waals surface area contributed by atoms with Gasteiger partial charge in [0.15, 0.2) is 0 Å². The molecule has 0 atom stereocenters. The van der Waals surface area contributed by atoms with Crippen molar-refractivity contribution < 1.29 is 17.7 Å². The second kappa shape index (κ2) is 9.39. The van der Waals surface area contributed by atoms with Crippen LogP contribution in [0.4, 0.5) is 13.2 Å². The van der Waals surface area contributed by atoms with Crippen LogP contribution in [0.5, 0.6) is 0 Å².